The van der Waals surface area contributed by atoms with Gasteiger partial charge in [0.15, 0.2) is 0 Å². The average Bonchev–Trinajstić information content (AvgIpc) is 3.09. The Balaban J connectivity index is 1.90. The fraction of sp³-hybridized carbons (Fsp3) is 0.250. The largest absolute Gasteiger partial charge is 0.303 e. The van der Waals surface area contributed by atoms with E-state index in [2.05, 4.69) is 0 Å². The fourth-order valence-corrected chi connectivity index (χ4v) is 9.17. The molecule has 1 unspecified atom stereocenters. The highest BCUT2D eigenvalue weighted by molar-refractivity contribution is 7.91. The third kappa shape index (κ3) is 3.79. The van der Waals surface area contributed by atoms with Crippen LogP contribution < -0.4 is 0 Å². The van der Waals surface area contributed by atoms with Gasteiger partial charge in [-0.25, -0.2) is 4.67 Å². The molecule has 0 spiro atoms. The maximum atomic E-state index is 14.7. The van der Waals surface area contributed by atoms with Crippen LogP contribution in [0.4, 0.5) is 0 Å². The summed E-state index contributed by atoms with van der Waals surface area (Å²) in [5, 5.41) is 0. The first-order valence-electron chi connectivity index (χ1n) is 10.4. The Kier molecular flexibility index (Phi) is 5.93. The minimum atomic E-state index is -4.25. The van der Waals surface area contributed by atoms with Crippen LogP contribution in [-0.4, -0.2) is 26.2 Å². The molecule has 0 fully saturated rings. The quantitative estimate of drug-likeness (QED) is 0.409. The second kappa shape index (κ2) is 8.36. The van der Waals surface area contributed by atoms with Gasteiger partial charge in [-0.2, -0.15) is 12.4 Å². The van der Waals surface area contributed by atoms with Gasteiger partial charge in [-0.3, -0.25) is 4.57 Å². The fourth-order valence-electron chi connectivity index (χ4n) is 4.24. The SMILES string of the molecule is CCN(CC)P(=O)(OS(=O)(=O)c1ccc(C)cc1)C1c2ccccc2-c2ccccc21. The summed E-state index contributed by atoms with van der Waals surface area (Å²) in [5.41, 5.74) is 3.85. The molecule has 3 aromatic carbocycles. The highest BCUT2D eigenvalue weighted by Crippen LogP contribution is 2.70. The van der Waals surface area contributed by atoms with Gasteiger partial charge < -0.3 is 0 Å². The third-order valence-corrected chi connectivity index (χ3v) is 10.8. The summed E-state index contributed by atoms with van der Waals surface area (Å²) >= 11 is 0. The smallest absolute Gasteiger partial charge is 0.272 e. The molecule has 0 bridgehead atoms. The molecule has 1 aliphatic rings. The van der Waals surface area contributed by atoms with Crippen molar-refractivity contribution < 1.29 is 17.0 Å². The van der Waals surface area contributed by atoms with Gasteiger partial charge in [-0.1, -0.05) is 80.1 Å². The van der Waals surface area contributed by atoms with Crippen LogP contribution in [0.5, 0.6) is 0 Å². The molecule has 0 aromatic heterocycles. The van der Waals surface area contributed by atoms with E-state index in [9.17, 15) is 13.0 Å². The number of benzene rings is 3. The number of nitrogens with zero attached hydrogens (tertiary/aromatic N) is 1. The zero-order valence-corrected chi connectivity index (χ0v) is 19.6. The van der Waals surface area contributed by atoms with Crippen LogP contribution >= 0.6 is 7.52 Å². The van der Waals surface area contributed by atoms with E-state index in [0.717, 1.165) is 27.8 Å². The lowest BCUT2D eigenvalue weighted by Gasteiger charge is -2.33. The molecule has 0 N–H and O–H groups in total. The van der Waals surface area contributed by atoms with E-state index in [4.69, 9.17) is 3.97 Å². The van der Waals surface area contributed by atoms with Crippen molar-refractivity contribution in [2.45, 2.75) is 31.3 Å². The molecule has 0 saturated heterocycles. The standard InChI is InChI=1S/C24H26NO4PS/c1-4-25(5-2)30(26,29-31(27,28)19-16-14-18(3)15-17-19)24-22-12-8-6-10-20(22)21-11-7-9-13-23(21)24/h6-17,24H,4-5H2,1-3H3. The number of hydrogen-bond acceptors (Lipinski definition) is 4. The number of hydrogen-bond donors (Lipinski definition) is 0. The first-order valence-corrected chi connectivity index (χ1v) is 13.4. The lowest BCUT2D eigenvalue weighted by atomic mass is 10.1. The number of fused-ring (bicyclic) bond motifs is 3. The molecular formula is C24H26NO4PS. The van der Waals surface area contributed by atoms with Crippen LogP contribution in [0.25, 0.3) is 11.1 Å². The molecule has 7 heteroatoms. The van der Waals surface area contributed by atoms with Crippen LogP contribution in [0.1, 0.15) is 36.2 Å². The van der Waals surface area contributed by atoms with E-state index < -0.39 is 23.3 Å². The van der Waals surface area contributed by atoms with Crippen molar-refractivity contribution in [1.82, 2.24) is 4.67 Å². The van der Waals surface area contributed by atoms with Gasteiger partial charge in [-0.05, 0) is 41.3 Å². The maximum Gasteiger partial charge on any atom is 0.303 e. The van der Waals surface area contributed by atoms with Crippen LogP contribution in [0.2, 0.25) is 0 Å². The van der Waals surface area contributed by atoms with Crippen LogP contribution in [0, 0.1) is 6.92 Å². The van der Waals surface area contributed by atoms with Crippen molar-refractivity contribution in [3.63, 3.8) is 0 Å². The minimum Gasteiger partial charge on any atom is -0.272 e. The van der Waals surface area contributed by atoms with Gasteiger partial charge in [0.1, 0.15) is 5.66 Å². The average molecular weight is 456 g/mol. The van der Waals surface area contributed by atoms with Gasteiger partial charge in [0.05, 0.1) is 4.90 Å². The van der Waals surface area contributed by atoms with Gasteiger partial charge in [0.25, 0.3) is 7.52 Å². The molecule has 31 heavy (non-hydrogen) atoms. The molecule has 1 atom stereocenters. The van der Waals surface area contributed by atoms with Gasteiger partial charge in [0, 0.05) is 13.1 Å². The molecule has 0 amide bonds. The van der Waals surface area contributed by atoms with E-state index in [-0.39, 0.29) is 4.90 Å². The molecule has 1 aliphatic carbocycles. The maximum absolute atomic E-state index is 14.7. The zero-order valence-electron chi connectivity index (χ0n) is 17.9. The Morgan fingerprint density at radius 1 is 0.839 bits per heavy atom. The molecule has 0 aliphatic heterocycles. The van der Waals surface area contributed by atoms with Gasteiger partial charge in [-0.15, -0.1) is 0 Å². The molecule has 3 aromatic rings. The molecule has 162 valence electrons. The summed E-state index contributed by atoms with van der Waals surface area (Å²) in [6.45, 7) is 6.41. The Bertz CT molecular complexity index is 1210. The van der Waals surface area contributed by atoms with Crippen molar-refractivity contribution in [2.75, 3.05) is 13.1 Å². The first-order chi connectivity index (χ1) is 14.8. The summed E-state index contributed by atoms with van der Waals surface area (Å²) in [5.74, 6) is 0. The van der Waals surface area contributed by atoms with Crippen molar-refractivity contribution >= 4 is 17.6 Å². The topological polar surface area (TPSA) is 63.7 Å². The lowest BCUT2D eigenvalue weighted by molar-refractivity contribution is 0.362. The van der Waals surface area contributed by atoms with E-state index >= 15 is 0 Å². The molecule has 5 nitrogen and oxygen atoms in total. The van der Waals surface area contributed by atoms with E-state index in [1.165, 1.54) is 12.1 Å². The zero-order chi connectivity index (χ0) is 22.2. The first kappa shape index (κ1) is 22.0. The molecule has 0 radical (unpaired) electrons. The van der Waals surface area contributed by atoms with Crippen molar-refractivity contribution in [1.29, 1.82) is 0 Å². The predicted octanol–water partition coefficient (Wildman–Crippen LogP) is 6.01. The van der Waals surface area contributed by atoms with Gasteiger partial charge >= 0.3 is 10.1 Å². The lowest BCUT2D eigenvalue weighted by Crippen LogP contribution is -2.26. The summed E-state index contributed by atoms with van der Waals surface area (Å²) in [6.07, 6.45) is 0. The summed E-state index contributed by atoms with van der Waals surface area (Å²) in [7, 11) is -8.14. The highest BCUT2D eigenvalue weighted by atomic mass is 32.2. The second-order valence-electron chi connectivity index (χ2n) is 7.62. The predicted molar refractivity (Wildman–Crippen MR) is 124 cm³/mol. The Labute approximate surface area is 184 Å². The molecule has 4 rings (SSSR count). The van der Waals surface area contributed by atoms with Crippen molar-refractivity contribution in [3.05, 3.63) is 89.5 Å². The van der Waals surface area contributed by atoms with E-state index in [1.54, 1.807) is 16.8 Å². The second-order valence-corrected chi connectivity index (χ2v) is 11.8. The van der Waals surface area contributed by atoms with Gasteiger partial charge in [0.2, 0.25) is 0 Å². The molecule has 0 saturated carbocycles. The summed E-state index contributed by atoms with van der Waals surface area (Å²) in [6, 6.07) is 21.8. The Morgan fingerprint density at radius 3 is 1.81 bits per heavy atom. The monoisotopic (exact) mass is 455 g/mol. The van der Waals surface area contributed by atoms with Crippen LogP contribution in [0.3, 0.4) is 0 Å². The van der Waals surface area contributed by atoms with Crippen LogP contribution in [-0.2, 0) is 18.7 Å². The van der Waals surface area contributed by atoms with E-state index in [0.29, 0.717) is 13.1 Å². The number of aryl methyl sites for hydroxylation is 1. The highest BCUT2D eigenvalue weighted by Gasteiger charge is 2.49. The minimum absolute atomic E-state index is 0.00467. The van der Waals surface area contributed by atoms with Crippen molar-refractivity contribution in [2.24, 2.45) is 0 Å². The molecule has 0 heterocycles. The Morgan fingerprint density at radius 2 is 1.32 bits per heavy atom. The number of rotatable bonds is 7. The normalized spacial score (nSPS) is 15.5. The summed E-state index contributed by atoms with van der Waals surface area (Å²) < 4.78 is 48.6. The third-order valence-electron chi connectivity index (χ3n) is 5.77. The molecular weight excluding hydrogens is 429 g/mol. The van der Waals surface area contributed by atoms with Crippen LogP contribution in [0.15, 0.2) is 77.7 Å². The van der Waals surface area contributed by atoms with E-state index in [1.807, 2.05) is 69.3 Å². The van der Waals surface area contributed by atoms with Crippen molar-refractivity contribution in [3.8, 4) is 11.1 Å². The summed E-state index contributed by atoms with van der Waals surface area (Å²) in [4.78, 5) is 0.00467. The Hall–Kier alpha value is -2.24.